The van der Waals surface area contributed by atoms with E-state index in [1.54, 1.807) is 12.1 Å². The first-order valence-corrected chi connectivity index (χ1v) is 9.42. The summed E-state index contributed by atoms with van der Waals surface area (Å²) in [5, 5.41) is 0.621. The van der Waals surface area contributed by atoms with E-state index in [2.05, 4.69) is 4.90 Å². The Bertz CT molecular complexity index is 806. The van der Waals surface area contributed by atoms with Crippen LogP contribution in [0.4, 0.5) is 18.9 Å². The summed E-state index contributed by atoms with van der Waals surface area (Å²) in [5.74, 6) is -0.153. The Balaban J connectivity index is 1.89. The third-order valence-corrected chi connectivity index (χ3v) is 5.43. The number of nitrogens with zero attached hydrogens (tertiary/aromatic N) is 1. The van der Waals surface area contributed by atoms with Crippen LogP contribution in [-0.4, -0.2) is 19.6 Å². The number of methoxy groups -OCH3 is 1. The molecular weight excluding hydrogens is 391 g/mol. The van der Waals surface area contributed by atoms with Crippen molar-refractivity contribution in [1.29, 1.82) is 0 Å². The molecule has 0 aromatic heterocycles. The van der Waals surface area contributed by atoms with Gasteiger partial charge in [-0.25, -0.2) is 0 Å². The van der Waals surface area contributed by atoms with Crippen molar-refractivity contribution in [2.45, 2.75) is 31.5 Å². The zero-order chi connectivity index (χ0) is 20.3. The van der Waals surface area contributed by atoms with Crippen LogP contribution < -0.4 is 4.90 Å². The second kappa shape index (κ2) is 8.43. The number of ether oxygens (including phenoxy) is 1. The molecule has 2 unspecified atom stereocenters. The van der Waals surface area contributed by atoms with Crippen LogP contribution in [-0.2, 0) is 15.7 Å². The lowest BCUT2D eigenvalue weighted by Gasteiger charge is -2.41. The van der Waals surface area contributed by atoms with Crippen LogP contribution >= 0.6 is 11.6 Å². The summed E-state index contributed by atoms with van der Waals surface area (Å²) in [4.78, 5) is 13.9. The Hall–Kier alpha value is -2.21. The SMILES string of the molecule is COC(=O)CC1CCN(c2ccc(Cl)cc2)C(c2ccc(C(F)(F)F)cc2)C1. The van der Waals surface area contributed by atoms with Crippen molar-refractivity contribution in [2.75, 3.05) is 18.6 Å². The van der Waals surface area contributed by atoms with Gasteiger partial charge in [0.15, 0.2) is 0 Å². The summed E-state index contributed by atoms with van der Waals surface area (Å²) in [6.07, 6.45) is -2.60. The van der Waals surface area contributed by atoms with Gasteiger partial charge in [0.05, 0.1) is 18.7 Å². The van der Waals surface area contributed by atoms with E-state index >= 15 is 0 Å². The summed E-state index contributed by atoms with van der Waals surface area (Å²) < 4.78 is 43.5. The molecule has 0 amide bonds. The Morgan fingerprint density at radius 3 is 2.36 bits per heavy atom. The number of carbonyl (C=O) groups is 1. The minimum absolute atomic E-state index is 0.114. The Morgan fingerprint density at radius 1 is 1.14 bits per heavy atom. The van der Waals surface area contributed by atoms with Gasteiger partial charge >= 0.3 is 12.1 Å². The first-order valence-electron chi connectivity index (χ1n) is 9.04. The summed E-state index contributed by atoms with van der Waals surface area (Å²) in [6.45, 7) is 0.689. The summed E-state index contributed by atoms with van der Waals surface area (Å²) in [7, 11) is 1.36. The molecule has 0 spiro atoms. The van der Waals surface area contributed by atoms with E-state index in [0.29, 0.717) is 24.4 Å². The van der Waals surface area contributed by atoms with Gasteiger partial charge in [0.1, 0.15) is 0 Å². The van der Waals surface area contributed by atoms with Gasteiger partial charge < -0.3 is 9.64 Å². The molecule has 0 radical (unpaired) electrons. The molecule has 0 N–H and O–H groups in total. The molecule has 1 aliphatic rings. The molecule has 3 rings (SSSR count). The first-order chi connectivity index (χ1) is 13.3. The van der Waals surface area contributed by atoms with Gasteiger partial charge in [0, 0.05) is 23.7 Å². The molecule has 3 nitrogen and oxygen atoms in total. The lowest BCUT2D eigenvalue weighted by atomic mass is 9.84. The lowest BCUT2D eigenvalue weighted by Crippen LogP contribution is -2.37. The van der Waals surface area contributed by atoms with Crippen LogP contribution in [0.5, 0.6) is 0 Å². The van der Waals surface area contributed by atoms with Crippen molar-refractivity contribution in [3.63, 3.8) is 0 Å². The van der Waals surface area contributed by atoms with Crippen molar-refractivity contribution in [2.24, 2.45) is 5.92 Å². The zero-order valence-corrected chi connectivity index (χ0v) is 16.1. The molecule has 150 valence electrons. The van der Waals surface area contributed by atoms with Gasteiger partial charge in [-0.15, -0.1) is 0 Å². The second-order valence-electron chi connectivity index (χ2n) is 6.98. The van der Waals surface area contributed by atoms with Crippen molar-refractivity contribution in [1.82, 2.24) is 0 Å². The van der Waals surface area contributed by atoms with E-state index < -0.39 is 11.7 Å². The highest BCUT2D eigenvalue weighted by Gasteiger charge is 2.33. The van der Waals surface area contributed by atoms with Crippen molar-refractivity contribution < 1.29 is 22.7 Å². The van der Waals surface area contributed by atoms with Gasteiger partial charge in [-0.2, -0.15) is 13.2 Å². The number of benzene rings is 2. The maximum Gasteiger partial charge on any atom is 0.416 e. The van der Waals surface area contributed by atoms with Crippen LogP contribution in [0.3, 0.4) is 0 Å². The smallest absolute Gasteiger partial charge is 0.416 e. The number of esters is 1. The van der Waals surface area contributed by atoms with Crippen molar-refractivity contribution >= 4 is 23.3 Å². The molecule has 7 heteroatoms. The third-order valence-electron chi connectivity index (χ3n) is 5.18. The molecule has 1 fully saturated rings. The lowest BCUT2D eigenvalue weighted by molar-refractivity contribution is -0.142. The molecule has 28 heavy (non-hydrogen) atoms. The van der Waals surface area contributed by atoms with Gasteiger partial charge in [-0.1, -0.05) is 23.7 Å². The van der Waals surface area contributed by atoms with Crippen LogP contribution in [0.25, 0.3) is 0 Å². The highest BCUT2D eigenvalue weighted by atomic mass is 35.5. The fourth-order valence-corrected chi connectivity index (χ4v) is 3.82. The molecular formula is C21H21ClF3NO2. The molecule has 0 saturated carbocycles. The summed E-state index contributed by atoms with van der Waals surface area (Å²) in [6, 6.07) is 12.5. The monoisotopic (exact) mass is 411 g/mol. The Morgan fingerprint density at radius 2 is 1.79 bits per heavy atom. The van der Waals surface area contributed by atoms with Crippen LogP contribution in [0.15, 0.2) is 48.5 Å². The molecule has 0 bridgehead atoms. The maximum atomic E-state index is 12.9. The predicted octanol–water partition coefficient (Wildman–Crippen LogP) is 5.88. The van der Waals surface area contributed by atoms with Crippen LogP contribution in [0.2, 0.25) is 5.02 Å². The second-order valence-corrected chi connectivity index (χ2v) is 7.41. The molecule has 2 aromatic rings. The van der Waals surface area contributed by atoms with Crippen molar-refractivity contribution in [3.8, 4) is 0 Å². The molecule has 2 aromatic carbocycles. The largest absolute Gasteiger partial charge is 0.469 e. The average Bonchev–Trinajstić information content (AvgIpc) is 2.68. The number of hydrogen-bond acceptors (Lipinski definition) is 3. The van der Waals surface area contributed by atoms with Crippen LogP contribution in [0.1, 0.15) is 36.4 Å². The molecule has 1 heterocycles. The number of hydrogen-bond donors (Lipinski definition) is 0. The maximum absolute atomic E-state index is 12.9. The minimum Gasteiger partial charge on any atom is -0.469 e. The van der Waals surface area contributed by atoms with E-state index in [9.17, 15) is 18.0 Å². The Kier molecular flexibility index (Phi) is 6.18. The van der Waals surface area contributed by atoms with E-state index in [1.165, 1.54) is 19.2 Å². The van der Waals surface area contributed by atoms with Gasteiger partial charge in [0.2, 0.25) is 0 Å². The van der Waals surface area contributed by atoms with Crippen LogP contribution in [0, 0.1) is 5.92 Å². The van der Waals surface area contributed by atoms with E-state index in [4.69, 9.17) is 16.3 Å². The van der Waals surface area contributed by atoms with E-state index in [0.717, 1.165) is 29.8 Å². The van der Waals surface area contributed by atoms with Crippen molar-refractivity contribution in [3.05, 3.63) is 64.7 Å². The normalized spacial score (nSPS) is 20.1. The molecule has 1 aliphatic heterocycles. The number of anilines is 1. The zero-order valence-electron chi connectivity index (χ0n) is 15.4. The number of piperidine rings is 1. The minimum atomic E-state index is -4.37. The van der Waals surface area contributed by atoms with Gasteiger partial charge in [-0.3, -0.25) is 4.79 Å². The highest BCUT2D eigenvalue weighted by Crippen LogP contribution is 2.40. The Labute approximate surface area is 167 Å². The molecule has 2 atom stereocenters. The average molecular weight is 412 g/mol. The molecule has 0 aliphatic carbocycles. The summed E-state index contributed by atoms with van der Waals surface area (Å²) in [5.41, 5.74) is 1.07. The number of halogens is 4. The standard InChI is InChI=1S/C21H21ClF3NO2/c1-28-20(27)13-14-10-11-26(18-8-6-17(22)7-9-18)19(12-14)15-2-4-16(5-3-15)21(23,24)25/h2-9,14,19H,10-13H2,1H3. The number of carbonyl (C=O) groups excluding carboxylic acids is 1. The third kappa shape index (κ3) is 4.79. The van der Waals surface area contributed by atoms with Gasteiger partial charge in [0.25, 0.3) is 0 Å². The van der Waals surface area contributed by atoms with E-state index in [1.807, 2.05) is 12.1 Å². The quantitative estimate of drug-likeness (QED) is 0.588. The predicted molar refractivity (Wildman–Crippen MR) is 102 cm³/mol. The van der Waals surface area contributed by atoms with Gasteiger partial charge in [-0.05, 0) is 60.7 Å². The fraction of sp³-hybridized carbons (Fsp3) is 0.381. The number of alkyl halides is 3. The molecule has 1 saturated heterocycles. The topological polar surface area (TPSA) is 29.5 Å². The number of rotatable bonds is 4. The summed E-state index contributed by atoms with van der Waals surface area (Å²) >= 11 is 5.98. The fourth-order valence-electron chi connectivity index (χ4n) is 3.69. The first kappa shape index (κ1) is 20.5. The highest BCUT2D eigenvalue weighted by molar-refractivity contribution is 6.30. The van der Waals surface area contributed by atoms with E-state index in [-0.39, 0.29) is 17.9 Å².